The SMILES string of the molecule is CN(C1CCS(=O)(=O)C1)C(CN)c1cc(F)c(F)cc1F. The maximum atomic E-state index is 13.9. The summed E-state index contributed by atoms with van der Waals surface area (Å²) in [5.74, 6) is -3.28. The maximum absolute atomic E-state index is 13.9. The molecule has 0 saturated carbocycles. The third-order valence-electron chi connectivity index (χ3n) is 3.90. The monoisotopic (exact) mass is 322 g/mol. The Labute approximate surface area is 121 Å². The normalized spacial score (nSPS) is 22.7. The first-order chi connectivity index (χ1) is 9.75. The highest BCUT2D eigenvalue weighted by atomic mass is 32.2. The van der Waals surface area contributed by atoms with Gasteiger partial charge >= 0.3 is 0 Å². The van der Waals surface area contributed by atoms with E-state index in [-0.39, 0.29) is 29.7 Å². The first-order valence-electron chi connectivity index (χ1n) is 6.52. The molecule has 2 atom stereocenters. The van der Waals surface area contributed by atoms with E-state index in [0.717, 1.165) is 6.07 Å². The average Bonchev–Trinajstić information content (AvgIpc) is 2.76. The zero-order valence-electron chi connectivity index (χ0n) is 11.5. The van der Waals surface area contributed by atoms with Crippen molar-refractivity contribution in [2.24, 2.45) is 5.73 Å². The molecule has 1 saturated heterocycles. The van der Waals surface area contributed by atoms with Crippen molar-refractivity contribution in [1.82, 2.24) is 4.90 Å². The molecule has 0 aliphatic carbocycles. The average molecular weight is 322 g/mol. The molecule has 21 heavy (non-hydrogen) atoms. The number of benzene rings is 1. The summed E-state index contributed by atoms with van der Waals surface area (Å²) in [6, 6.07) is 0.240. The molecule has 2 N–H and O–H groups in total. The smallest absolute Gasteiger partial charge is 0.161 e. The lowest BCUT2D eigenvalue weighted by Gasteiger charge is -2.32. The Hall–Kier alpha value is -1.12. The van der Waals surface area contributed by atoms with Gasteiger partial charge in [-0.1, -0.05) is 0 Å². The lowest BCUT2D eigenvalue weighted by molar-refractivity contribution is 0.188. The minimum atomic E-state index is -3.10. The van der Waals surface area contributed by atoms with Crippen LogP contribution in [0, 0.1) is 17.5 Å². The Balaban J connectivity index is 2.29. The lowest BCUT2D eigenvalue weighted by Crippen LogP contribution is -2.39. The predicted molar refractivity (Wildman–Crippen MR) is 72.9 cm³/mol. The van der Waals surface area contributed by atoms with Crippen LogP contribution in [0.1, 0.15) is 18.0 Å². The first-order valence-corrected chi connectivity index (χ1v) is 8.34. The van der Waals surface area contributed by atoms with Gasteiger partial charge < -0.3 is 5.73 Å². The largest absolute Gasteiger partial charge is 0.329 e. The summed E-state index contributed by atoms with van der Waals surface area (Å²) < 4.78 is 63.2. The fraction of sp³-hybridized carbons (Fsp3) is 0.538. The second kappa shape index (κ2) is 5.94. The quantitative estimate of drug-likeness (QED) is 0.847. The van der Waals surface area contributed by atoms with Gasteiger partial charge in [0.05, 0.1) is 17.5 Å². The number of hydrogen-bond acceptors (Lipinski definition) is 4. The van der Waals surface area contributed by atoms with E-state index in [9.17, 15) is 21.6 Å². The second-order valence-corrected chi connectivity index (χ2v) is 7.49. The number of nitrogens with zero attached hydrogens (tertiary/aromatic N) is 1. The van der Waals surface area contributed by atoms with Crippen molar-refractivity contribution in [3.8, 4) is 0 Å². The summed E-state index contributed by atoms with van der Waals surface area (Å²) in [7, 11) is -1.48. The maximum Gasteiger partial charge on any atom is 0.161 e. The second-order valence-electron chi connectivity index (χ2n) is 5.26. The number of likely N-dealkylation sites (N-methyl/N-ethyl adjacent to an activating group) is 1. The molecule has 1 aliphatic rings. The fourth-order valence-electron chi connectivity index (χ4n) is 2.66. The number of rotatable bonds is 4. The van der Waals surface area contributed by atoms with Crippen LogP contribution >= 0.6 is 0 Å². The van der Waals surface area contributed by atoms with Gasteiger partial charge in [0.1, 0.15) is 5.82 Å². The summed E-state index contributed by atoms with van der Waals surface area (Å²) in [5.41, 5.74) is 5.56. The van der Waals surface area contributed by atoms with Gasteiger partial charge in [0, 0.05) is 24.2 Å². The predicted octanol–water partition coefficient (Wildman–Crippen LogP) is 1.22. The lowest BCUT2D eigenvalue weighted by atomic mass is 10.0. The molecule has 2 rings (SSSR count). The third kappa shape index (κ3) is 3.38. The van der Waals surface area contributed by atoms with E-state index in [1.54, 1.807) is 11.9 Å². The molecule has 118 valence electrons. The van der Waals surface area contributed by atoms with Crippen molar-refractivity contribution < 1.29 is 21.6 Å². The molecule has 1 aromatic carbocycles. The highest BCUT2D eigenvalue weighted by Gasteiger charge is 2.34. The minimum absolute atomic E-state index is 0.0327. The van der Waals surface area contributed by atoms with Crippen molar-refractivity contribution in [3.63, 3.8) is 0 Å². The van der Waals surface area contributed by atoms with E-state index in [0.29, 0.717) is 12.5 Å². The summed E-state index contributed by atoms with van der Waals surface area (Å²) in [6.07, 6.45) is 0.417. The van der Waals surface area contributed by atoms with Crippen LogP contribution in [-0.2, 0) is 9.84 Å². The Bertz CT molecular complexity index is 637. The van der Waals surface area contributed by atoms with E-state index in [1.807, 2.05) is 0 Å². The van der Waals surface area contributed by atoms with Crippen LogP contribution < -0.4 is 5.73 Å². The molecule has 0 bridgehead atoms. The van der Waals surface area contributed by atoms with Gasteiger partial charge in [0.2, 0.25) is 0 Å². The molecular formula is C13H17F3N2O2S. The van der Waals surface area contributed by atoms with Crippen molar-refractivity contribution in [2.45, 2.75) is 18.5 Å². The van der Waals surface area contributed by atoms with Crippen LogP contribution in [0.25, 0.3) is 0 Å². The molecule has 1 aliphatic heterocycles. The Morgan fingerprint density at radius 3 is 2.43 bits per heavy atom. The molecule has 0 spiro atoms. The van der Waals surface area contributed by atoms with Crippen LogP contribution in [-0.4, -0.2) is 44.5 Å². The topological polar surface area (TPSA) is 63.4 Å². The molecule has 2 unspecified atom stereocenters. The molecule has 8 heteroatoms. The number of halogens is 3. The minimum Gasteiger partial charge on any atom is -0.329 e. The van der Waals surface area contributed by atoms with E-state index < -0.39 is 33.3 Å². The van der Waals surface area contributed by atoms with Gasteiger partial charge in [0.15, 0.2) is 21.5 Å². The number of nitrogens with two attached hydrogens (primary N) is 1. The summed E-state index contributed by atoms with van der Waals surface area (Å²) in [4.78, 5) is 1.63. The van der Waals surface area contributed by atoms with Crippen molar-refractivity contribution in [2.75, 3.05) is 25.1 Å². The zero-order valence-corrected chi connectivity index (χ0v) is 12.3. The van der Waals surface area contributed by atoms with Crippen LogP contribution in [0.2, 0.25) is 0 Å². The highest BCUT2D eigenvalue weighted by Crippen LogP contribution is 2.28. The van der Waals surface area contributed by atoms with Crippen molar-refractivity contribution in [1.29, 1.82) is 0 Å². The molecule has 0 aromatic heterocycles. The van der Waals surface area contributed by atoms with Gasteiger partial charge in [-0.3, -0.25) is 4.90 Å². The summed E-state index contributed by atoms with van der Waals surface area (Å²) >= 11 is 0. The fourth-order valence-corrected chi connectivity index (χ4v) is 4.44. The molecular weight excluding hydrogens is 305 g/mol. The van der Waals surface area contributed by atoms with Crippen LogP contribution in [0.3, 0.4) is 0 Å². The standard InChI is InChI=1S/C13H17F3N2O2S/c1-18(8-2-3-21(19,20)7-8)13(6-17)9-4-11(15)12(16)5-10(9)14/h4-5,8,13H,2-3,6-7,17H2,1H3. The number of sulfone groups is 1. The first kappa shape index (κ1) is 16.3. The van der Waals surface area contributed by atoms with Gasteiger partial charge in [-0.05, 0) is 19.5 Å². The van der Waals surface area contributed by atoms with Gasteiger partial charge in [-0.15, -0.1) is 0 Å². The van der Waals surface area contributed by atoms with Gasteiger partial charge in [-0.2, -0.15) is 0 Å². The number of hydrogen-bond donors (Lipinski definition) is 1. The zero-order chi connectivity index (χ0) is 15.8. The summed E-state index contributed by atoms with van der Waals surface area (Å²) in [5, 5.41) is 0. The Kier molecular flexibility index (Phi) is 4.60. The van der Waals surface area contributed by atoms with Crippen LogP contribution in [0.5, 0.6) is 0 Å². The third-order valence-corrected chi connectivity index (χ3v) is 5.65. The summed E-state index contributed by atoms with van der Waals surface area (Å²) in [6.45, 7) is -0.0327. The van der Waals surface area contributed by atoms with Crippen molar-refractivity contribution >= 4 is 9.84 Å². The van der Waals surface area contributed by atoms with Gasteiger partial charge in [0.25, 0.3) is 0 Å². The van der Waals surface area contributed by atoms with Crippen molar-refractivity contribution in [3.05, 3.63) is 35.1 Å². The highest BCUT2D eigenvalue weighted by molar-refractivity contribution is 7.91. The molecule has 0 radical (unpaired) electrons. The van der Waals surface area contributed by atoms with Crippen LogP contribution in [0.4, 0.5) is 13.2 Å². The molecule has 0 amide bonds. The Morgan fingerprint density at radius 2 is 1.90 bits per heavy atom. The van der Waals surface area contributed by atoms with E-state index in [1.165, 1.54) is 0 Å². The van der Waals surface area contributed by atoms with Crippen LogP contribution in [0.15, 0.2) is 12.1 Å². The van der Waals surface area contributed by atoms with E-state index in [4.69, 9.17) is 5.73 Å². The Morgan fingerprint density at radius 1 is 1.29 bits per heavy atom. The molecule has 1 aromatic rings. The van der Waals surface area contributed by atoms with E-state index in [2.05, 4.69) is 0 Å². The molecule has 4 nitrogen and oxygen atoms in total. The molecule has 1 fully saturated rings. The van der Waals surface area contributed by atoms with Gasteiger partial charge in [-0.25, -0.2) is 21.6 Å². The molecule has 1 heterocycles. The van der Waals surface area contributed by atoms with E-state index >= 15 is 0 Å².